The topological polar surface area (TPSA) is 194 Å². The quantitative estimate of drug-likeness (QED) is 0.197. The van der Waals surface area contributed by atoms with Crippen LogP contribution in [0.25, 0.3) is 22.2 Å². The van der Waals surface area contributed by atoms with Crippen LogP contribution < -0.4 is 11.3 Å². The first-order valence-corrected chi connectivity index (χ1v) is 9.52. The highest BCUT2D eigenvalue weighted by Gasteiger charge is 2.44. The summed E-state index contributed by atoms with van der Waals surface area (Å²) in [5, 5.41) is 28.1. The second kappa shape index (κ2) is 6.77. The summed E-state index contributed by atoms with van der Waals surface area (Å²) in [4.78, 5) is 31.1. The Bertz CT molecular complexity index is 1250. The Hall–Kier alpha value is -3.07. The Morgan fingerprint density at radius 3 is 3.00 bits per heavy atom. The fourth-order valence-electron chi connectivity index (χ4n) is 3.21. The molecule has 150 valence electrons. The molecule has 14 heteroatoms. The van der Waals surface area contributed by atoms with Crippen molar-refractivity contribution in [3.05, 3.63) is 29.2 Å². The number of aliphatic hydroxyl groups is 2. The van der Waals surface area contributed by atoms with Crippen LogP contribution in [0.4, 0.5) is 5.82 Å². The summed E-state index contributed by atoms with van der Waals surface area (Å²) in [6.07, 6.45) is 0.108. The predicted octanol–water partition coefficient (Wildman–Crippen LogP) is -1.22. The van der Waals surface area contributed by atoms with Crippen LogP contribution in [-0.4, -0.2) is 74.0 Å². The number of aromatic amines is 2. The maximum Gasteiger partial charge on any atom is 0.262 e. The molecule has 6 N–H and O–H groups in total. The van der Waals surface area contributed by atoms with Gasteiger partial charge in [0.05, 0.1) is 18.6 Å². The zero-order chi connectivity index (χ0) is 20.1. The van der Waals surface area contributed by atoms with Gasteiger partial charge in [-0.25, -0.2) is 19.9 Å². The number of nitrogens with zero attached hydrogens (tertiary/aromatic N) is 6. The lowest BCUT2D eigenvalue weighted by atomic mass is 10.1. The van der Waals surface area contributed by atoms with Gasteiger partial charge in [-0.1, -0.05) is 11.8 Å². The number of ether oxygens (including phenoxy) is 1. The van der Waals surface area contributed by atoms with E-state index in [1.54, 1.807) is 0 Å². The Morgan fingerprint density at radius 2 is 2.14 bits per heavy atom. The lowest BCUT2D eigenvalue weighted by molar-refractivity contribution is -0.0289. The monoisotopic (exact) mass is 417 g/mol. The van der Waals surface area contributed by atoms with Gasteiger partial charge in [-0.05, 0) is 0 Å². The molecule has 0 aromatic carbocycles. The molecule has 1 fully saturated rings. The number of thioether (sulfide) groups is 1. The number of rotatable bonds is 4. The lowest BCUT2D eigenvalue weighted by Gasteiger charge is -2.16. The number of aliphatic hydroxyl groups excluding tert-OH is 2. The summed E-state index contributed by atoms with van der Waals surface area (Å²) >= 11 is 1.18. The van der Waals surface area contributed by atoms with Crippen molar-refractivity contribution in [1.82, 2.24) is 39.7 Å². The summed E-state index contributed by atoms with van der Waals surface area (Å²) < 4.78 is 7.37. The molecule has 0 bridgehead atoms. The van der Waals surface area contributed by atoms with Crippen LogP contribution >= 0.6 is 11.8 Å². The minimum Gasteiger partial charge on any atom is -0.387 e. The summed E-state index contributed by atoms with van der Waals surface area (Å²) in [5.41, 5.74) is 6.60. The lowest BCUT2D eigenvalue weighted by Crippen LogP contribution is -2.32. The van der Waals surface area contributed by atoms with Crippen molar-refractivity contribution in [3.8, 4) is 0 Å². The van der Waals surface area contributed by atoms with Crippen molar-refractivity contribution in [1.29, 1.82) is 0 Å². The number of hydrogen-bond donors (Lipinski definition) is 5. The van der Waals surface area contributed by atoms with Crippen molar-refractivity contribution in [2.24, 2.45) is 0 Å². The first kappa shape index (κ1) is 18.0. The smallest absolute Gasteiger partial charge is 0.262 e. The first-order chi connectivity index (χ1) is 14.0. The number of anilines is 1. The number of hydrogen-bond acceptors (Lipinski definition) is 11. The summed E-state index contributed by atoms with van der Waals surface area (Å²) in [7, 11) is 0. The van der Waals surface area contributed by atoms with Crippen LogP contribution in [0.2, 0.25) is 0 Å². The molecule has 13 nitrogen and oxygen atoms in total. The molecule has 0 saturated carbocycles. The number of nitrogens with two attached hydrogens (primary N) is 1. The van der Waals surface area contributed by atoms with Gasteiger partial charge < -0.3 is 25.7 Å². The molecule has 1 aliphatic rings. The van der Waals surface area contributed by atoms with Gasteiger partial charge in [0.25, 0.3) is 5.56 Å². The van der Waals surface area contributed by atoms with E-state index in [1.807, 2.05) is 0 Å². The van der Waals surface area contributed by atoms with E-state index in [0.29, 0.717) is 27.4 Å². The molecular formula is C15H15N9O4S. The largest absolute Gasteiger partial charge is 0.387 e. The number of H-pyrrole nitrogens is 2. The second-order valence-electron chi connectivity index (χ2n) is 6.44. The summed E-state index contributed by atoms with van der Waals surface area (Å²) in [6, 6.07) is 0. The normalized spacial score (nSPS) is 24.6. The van der Waals surface area contributed by atoms with E-state index in [4.69, 9.17) is 10.5 Å². The van der Waals surface area contributed by atoms with E-state index in [-0.39, 0.29) is 17.1 Å². The summed E-state index contributed by atoms with van der Waals surface area (Å²) in [6.45, 7) is 0. The molecule has 1 aliphatic heterocycles. The highest BCUT2D eigenvalue weighted by atomic mass is 32.2. The van der Waals surface area contributed by atoms with Gasteiger partial charge in [-0.2, -0.15) is 5.10 Å². The fraction of sp³-hybridized carbons (Fsp3) is 0.333. The minimum atomic E-state index is -1.21. The van der Waals surface area contributed by atoms with E-state index in [9.17, 15) is 15.0 Å². The first-order valence-electron chi connectivity index (χ1n) is 8.53. The average molecular weight is 417 g/mol. The minimum absolute atomic E-state index is 0.207. The number of nitrogen functional groups attached to an aromatic ring is 1. The van der Waals surface area contributed by atoms with E-state index in [1.165, 1.54) is 35.2 Å². The van der Waals surface area contributed by atoms with Crippen molar-refractivity contribution in [3.63, 3.8) is 0 Å². The molecule has 0 spiro atoms. The molecule has 0 unspecified atom stereocenters. The summed E-state index contributed by atoms with van der Waals surface area (Å²) in [5.74, 6) is 0.444. The Morgan fingerprint density at radius 1 is 1.28 bits per heavy atom. The van der Waals surface area contributed by atoms with Crippen LogP contribution in [-0.2, 0) is 4.74 Å². The number of nitrogens with one attached hydrogen (secondary N) is 2. The van der Waals surface area contributed by atoms with Crippen molar-refractivity contribution in [2.75, 3.05) is 11.5 Å². The van der Waals surface area contributed by atoms with E-state index in [0.717, 1.165) is 0 Å². The maximum atomic E-state index is 12.0. The number of aromatic nitrogens is 8. The molecule has 4 atom stereocenters. The third-order valence-corrected chi connectivity index (χ3v) is 5.64. The van der Waals surface area contributed by atoms with Crippen molar-refractivity contribution >= 4 is 39.8 Å². The van der Waals surface area contributed by atoms with Crippen LogP contribution in [0.15, 0.2) is 28.8 Å². The van der Waals surface area contributed by atoms with Crippen molar-refractivity contribution in [2.45, 2.75) is 29.7 Å². The Labute approximate surface area is 165 Å². The van der Waals surface area contributed by atoms with E-state index >= 15 is 0 Å². The van der Waals surface area contributed by atoms with E-state index < -0.39 is 24.5 Å². The standard InChI is InChI=1S/C15H15N9O4S/c16-10-7-12(18-3-17-10)24(4-19-7)14-9(26)8(25)6(28-14)2-29-15-21-11-5(1-20-23-11)13(27)22-15/h1,3-4,6,8-9,14,25-26H,2H2,(H2,16,17,18)(H2,20,21,22,23,27)/t6-,8-,9-,14-/m1/s1. The molecule has 1 saturated heterocycles. The maximum absolute atomic E-state index is 12.0. The van der Waals surface area contributed by atoms with Crippen LogP contribution in [0, 0.1) is 0 Å². The molecule has 5 heterocycles. The molecule has 4 aromatic rings. The fourth-order valence-corrected chi connectivity index (χ4v) is 4.13. The molecule has 0 amide bonds. The van der Waals surface area contributed by atoms with Gasteiger partial charge in [0.2, 0.25) is 0 Å². The zero-order valence-electron chi connectivity index (χ0n) is 14.6. The van der Waals surface area contributed by atoms with E-state index in [2.05, 4.69) is 35.1 Å². The van der Waals surface area contributed by atoms with Gasteiger partial charge in [-0.15, -0.1) is 0 Å². The molecule has 0 radical (unpaired) electrons. The van der Waals surface area contributed by atoms with Crippen LogP contribution in [0.5, 0.6) is 0 Å². The third kappa shape index (κ3) is 2.93. The van der Waals surface area contributed by atoms with Gasteiger partial charge in [0, 0.05) is 5.75 Å². The van der Waals surface area contributed by atoms with Gasteiger partial charge in [0.15, 0.2) is 28.5 Å². The van der Waals surface area contributed by atoms with Crippen molar-refractivity contribution < 1.29 is 14.9 Å². The highest BCUT2D eigenvalue weighted by molar-refractivity contribution is 7.99. The Balaban J connectivity index is 1.36. The number of imidazole rings is 1. The second-order valence-corrected chi connectivity index (χ2v) is 7.45. The molecule has 29 heavy (non-hydrogen) atoms. The SMILES string of the molecule is Nc1ncnc2c1ncn2[C@@H]1O[C@H](CSc2nc3[nH]ncc3c(=O)[nH]2)[C@@H](O)[C@H]1O. The highest BCUT2D eigenvalue weighted by Crippen LogP contribution is 2.34. The molecule has 5 rings (SSSR count). The zero-order valence-corrected chi connectivity index (χ0v) is 15.4. The van der Waals surface area contributed by atoms with Crippen LogP contribution in [0.1, 0.15) is 6.23 Å². The van der Waals surface area contributed by atoms with Gasteiger partial charge in [0.1, 0.15) is 29.4 Å². The predicted molar refractivity (Wildman–Crippen MR) is 101 cm³/mol. The Kier molecular flexibility index (Phi) is 4.20. The molecule has 4 aromatic heterocycles. The molecular weight excluding hydrogens is 402 g/mol. The molecule has 0 aliphatic carbocycles. The number of fused-ring (bicyclic) bond motifs is 2. The van der Waals surface area contributed by atoms with Gasteiger partial charge in [-0.3, -0.25) is 14.5 Å². The van der Waals surface area contributed by atoms with Gasteiger partial charge >= 0.3 is 0 Å². The third-order valence-electron chi connectivity index (χ3n) is 4.68. The average Bonchev–Trinajstić information content (AvgIpc) is 3.40. The van der Waals surface area contributed by atoms with Crippen LogP contribution in [0.3, 0.4) is 0 Å².